The Morgan fingerprint density at radius 3 is 2.60 bits per heavy atom. The van der Waals surface area contributed by atoms with Gasteiger partial charge in [-0.05, 0) is 6.42 Å². The lowest BCUT2D eigenvalue weighted by molar-refractivity contribution is 0.00868. The van der Waals surface area contributed by atoms with Gasteiger partial charge in [-0.15, -0.1) is 0 Å². The Labute approximate surface area is 89.7 Å². The van der Waals surface area contributed by atoms with Gasteiger partial charge in [0.15, 0.2) is 0 Å². The van der Waals surface area contributed by atoms with Crippen LogP contribution in [0.2, 0.25) is 0 Å². The van der Waals surface area contributed by atoms with Gasteiger partial charge in [0.05, 0.1) is 5.60 Å². The van der Waals surface area contributed by atoms with Crippen molar-refractivity contribution < 1.29 is 15.3 Å². The van der Waals surface area contributed by atoms with Crippen LogP contribution >= 0.6 is 0 Å². The summed E-state index contributed by atoms with van der Waals surface area (Å²) < 4.78 is 0. The van der Waals surface area contributed by atoms with Gasteiger partial charge in [-0.2, -0.15) is 0 Å². The Kier molecular flexibility index (Phi) is 4.47. The molecule has 4 heteroatoms. The Hall–Kier alpha value is -0.680. The first-order valence-electron chi connectivity index (χ1n) is 5.20. The largest absolute Gasteiger partial charge is 0.396 e. The minimum atomic E-state index is -1.07. The van der Waals surface area contributed by atoms with E-state index in [9.17, 15) is 5.11 Å². The zero-order valence-electron chi connectivity index (χ0n) is 8.76. The Balaban J connectivity index is 2.87. The monoisotopic (exact) mass is 213 g/mol. The molecule has 2 atom stereocenters. The minimum absolute atomic E-state index is 0.00356. The van der Waals surface area contributed by atoms with E-state index in [1.807, 2.05) is 6.08 Å². The van der Waals surface area contributed by atoms with Gasteiger partial charge < -0.3 is 21.1 Å². The van der Waals surface area contributed by atoms with Crippen LogP contribution in [0.1, 0.15) is 12.8 Å². The summed E-state index contributed by atoms with van der Waals surface area (Å²) in [6.07, 6.45) is 6.02. The van der Waals surface area contributed by atoms with Gasteiger partial charge in [0.25, 0.3) is 0 Å². The number of nitrogens with two attached hydrogens (primary N) is 1. The van der Waals surface area contributed by atoms with Crippen LogP contribution in [0.25, 0.3) is 0 Å². The molecule has 0 spiro atoms. The fourth-order valence-corrected chi connectivity index (χ4v) is 2.10. The molecule has 0 fully saturated rings. The summed E-state index contributed by atoms with van der Waals surface area (Å²) in [6, 6.07) is 0. The highest BCUT2D eigenvalue weighted by molar-refractivity contribution is 5.29. The van der Waals surface area contributed by atoms with Gasteiger partial charge in [-0.25, -0.2) is 0 Å². The first-order chi connectivity index (χ1) is 7.18. The van der Waals surface area contributed by atoms with Gasteiger partial charge in [0.2, 0.25) is 0 Å². The molecule has 0 saturated carbocycles. The zero-order chi connectivity index (χ0) is 11.3. The van der Waals surface area contributed by atoms with Crippen LogP contribution in [0, 0.1) is 5.92 Å². The summed E-state index contributed by atoms with van der Waals surface area (Å²) in [5.74, 6) is -0.190. The molecule has 0 saturated heterocycles. The van der Waals surface area contributed by atoms with Crippen molar-refractivity contribution in [3.63, 3.8) is 0 Å². The van der Waals surface area contributed by atoms with Crippen LogP contribution in [0.15, 0.2) is 23.8 Å². The van der Waals surface area contributed by atoms with E-state index in [4.69, 9.17) is 15.9 Å². The molecule has 2 unspecified atom stereocenters. The summed E-state index contributed by atoms with van der Waals surface area (Å²) in [6.45, 7) is 0.285. The van der Waals surface area contributed by atoms with Gasteiger partial charge in [-0.3, -0.25) is 0 Å². The maximum Gasteiger partial charge on any atom is 0.0918 e. The number of aliphatic hydroxyl groups excluding tert-OH is 2. The van der Waals surface area contributed by atoms with E-state index >= 15 is 0 Å². The van der Waals surface area contributed by atoms with Crippen LogP contribution in [-0.2, 0) is 0 Å². The van der Waals surface area contributed by atoms with Crippen molar-refractivity contribution in [1.82, 2.24) is 0 Å². The van der Waals surface area contributed by atoms with E-state index in [2.05, 4.69) is 0 Å². The molecule has 0 radical (unpaired) electrons. The van der Waals surface area contributed by atoms with Crippen LogP contribution in [0.3, 0.4) is 0 Å². The zero-order valence-corrected chi connectivity index (χ0v) is 8.76. The van der Waals surface area contributed by atoms with E-state index in [1.54, 1.807) is 12.2 Å². The molecule has 0 aromatic rings. The van der Waals surface area contributed by atoms with Crippen molar-refractivity contribution >= 4 is 0 Å². The third-order valence-electron chi connectivity index (χ3n) is 2.91. The number of rotatable bonds is 5. The third-order valence-corrected chi connectivity index (χ3v) is 2.91. The first-order valence-corrected chi connectivity index (χ1v) is 5.20. The molecule has 0 aliphatic heterocycles. The molecule has 15 heavy (non-hydrogen) atoms. The average Bonchev–Trinajstić information content (AvgIpc) is 2.22. The van der Waals surface area contributed by atoms with E-state index in [0.717, 1.165) is 5.57 Å². The standard InChI is InChI=1S/C11H19NO3/c12-8-9-2-1-4-11(15,5-7-14)10(9)3-6-13/h1-2,4,10,13-15H,3,5-8,12H2. The summed E-state index contributed by atoms with van der Waals surface area (Å²) >= 11 is 0. The SMILES string of the molecule is NCC1=CC=CC(O)(CCO)C1CCO. The quantitative estimate of drug-likeness (QED) is 0.498. The van der Waals surface area contributed by atoms with Crippen LogP contribution < -0.4 is 5.73 Å². The van der Waals surface area contributed by atoms with E-state index < -0.39 is 5.60 Å². The molecular formula is C11H19NO3. The van der Waals surface area contributed by atoms with Crippen molar-refractivity contribution in [3.8, 4) is 0 Å². The molecule has 0 aromatic heterocycles. The average molecular weight is 213 g/mol. The highest BCUT2D eigenvalue weighted by Crippen LogP contribution is 2.34. The molecule has 1 aliphatic rings. The second-order valence-electron chi connectivity index (χ2n) is 3.83. The van der Waals surface area contributed by atoms with Crippen LogP contribution in [-0.4, -0.2) is 40.7 Å². The summed E-state index contributed by atoms with van der Waals surface area (Å²) in [5.41, 5.74) is 5.43. The molecule has 0 amide bonds. The van der Waals surface area contributed by atoms with Crippen molar-refractivity contribution in [2.45, 2.75) is 18.4 Å². The summed E-state index contributed by atoms with van der Waals surface area (Å²) in [5, 5.41) is 28.2. The van der Waals surface area contributed by atoms with Gasteiger partial charge in [-0.1, -0.05) is 23.8 Å². The lowest BCUT2D eigenvalue weighted by Crippen LogP contribution is -2.41. The lowest BCUT2D eigenvalue weighted by atomic mass is 9.75. The van der Waals surface area contributed by atoms with Gasteiger partial charge in [0, 0.05) is 32.1 Å². The Morgan fingerprint density at radius 2 is 2.07 bits per heavy atom. The second kappa shape index (κ2) is 5.42. The van der Waals surface area contributed by atoms with Crippen LogP contribution in [0.4, 0.5) is 0 Å². The smallest absolute Gasteiger partial charge is 0.0918 e. The maximum absolute atomic E-state index is 10.3. The highest BCUT2D eigenvalue weighted by Gasteiger charge is 2.36. The first kappa shape index (κ1) is 12.4. The predicted molar refractivity (Wildman–Crippen MR) is 58.1 cm³/mol. The second-order valence-corrected chi connectivity index (χ2v) is 3.83. The molecule has 1 rings (SSSR count). The van der Waals surface area contributed by atoms with E-state index in [-0.39, 0.29) is 25.6 Å². The molecular weight excluding hydrogens is 194 g/mol. The summed E-state index contributed by atoms with van der Waals surface area (Å²) in [7, 11) is 0. The molecule has 4 nitrogen and oxygen atoms in total. The fraction of sp³-hybridized carbons (Fsp3) is 0.636. The number of aliphatic hydroxyl groups is 3. The van der Waals surface area contributed by atoms with E-state index in [0.29, 0.717) is 13.0 Å². The fourth-order valence-electron chi connectivity index (χ4n) is 2.10. The molecule has 1 aliphatic carbocycles. The third kappa shape index (κ3) is 2.66. The topological polar surface area (TPSA) is 86.7 Å². The maximum atomic E-state index is 10.3. The van der Waals surface area contributed by atoms with Gasteiger partial charge in [0.1, 0.15) is 0 Å². The number of hydrogen-bond acceptors (Lipinski definition) is 4. The Bertz CT molecular complexity index is 263. The van der Waals surface area contributed by atoms with Crippen molar-refractivity contribution in [2.24, 2.45) is 11.7 Å². The van der Waals surface area contributed by atoms with Crippen LogP contribution in [0.5, 0.6) is 0 Å². The number of allylic oxidation sites excluding steroid dienone is 2. The summed E-state index contributed by atoms with van der Waals surface area (Å²) in [4.78, 5) is 0. The van der Waals surface area contributed by atoms with Crippen molar-refractivity contribution in [3.05, 3.63) is 23.8 Å². The molecule has 86 valence electrons. The van der Waals surface area contributed by atoms with E-state index in [1.165, 1.54) is 0 Å². The van der Waals surface area contributed by atoms with Gasteiger partial charge >= 0.3 is 0 Å². The Morgan fingerprint density at radius 1 is 1.33 bits per heavy atom. The normalized spacial score (nSPS) is 30.4. The number of hydrogen-bond donors (Lipinski definition) is 4. The molecule has 0 bridgehead atoms. The lowest BCUT2D eigenvalue weighted by Gasteiger charge is -2.36. The predicted octanol–water partition coefficient (Wildman–Crippen LogP) is -0.447. The van der Waals surface area contributed by atoms with Crippen molar-refractivity contribution in [2.75, 3.05) is 19.8 Å². The molecule has 0 heterocycles. The molecule has 0 aromatic carbocycles. The minimum Gasteiger partial charge on any atom is -0.396 e. The molecule has 5 N–H and O–H groups in total. The highest BCUT2D eigenvalue weighted by atomic mass is 16.3. The van der Waals surface area contributed by atoms with Crippen molar-refractivity contribution in [1.29, 1.82) is 0 Å².